The summed E-state index contributed by atoms with van der Waals surface area (Å²) in [5, 5.41) is 0. The molecule has 0 fully saturated rings. The van der Waals surface area contributed by atoms with Crippen LogP contribution in [-0.4, -0.2) is 37.2 Å². The van der Waals surface area contributed by atoms with Gasteiger partial charge in [0.15, 0.2) is 6.10 Å². The van der Waals surface area contributed by atoms with E-state index in [2.05, 4.69) is 93.7 Å². The van der Waals surface area contributed by atoms with E-state index >= 15 is 0 Å². The Hall–Kier alpha value is -3.15. The second-order valence-corrected chi connectivity index (χ2v) is 19.7. The van der Waals surface area contributed by atoms with E-state index in [1.54, 1.807) is 0 Å². The summed E-state index contributed by atoms with van der Waals surface area (Å²) in [4.78, 5) is 38.2. The van der Waals surface area contributed by atoms with Crippen LogP contribution in [0.15, 0.2) is 72.9 Å². The molecule has 0 aliphatic heterocycles. The maximum Gasteiger partial charge on any atom is 0.306 e. The average molecular weight is 964 g/mol. The first-order chi connectivity index (χ1) is 34.0. The summed E-state index contributed by atoms with van der Waals surface area (Å²) in [6.45, 7) is 6.59. The van der Waals surface area contributed by atoms with Gasteiger partial charge < -0.3 is 14.2 Å². The van der Waals surface area contributed by atoms with Gasteiger partial charge in [0.1, 0.15) is 13.2 Å². The third kappa shape index (κ3) is 55.6. The van der Waals surface area contributed by atoms with Crippen LogP contribution in [0.1, 0.15) is 290 Å². The van der Waals surface area contributed by atoms with Gasteiger partial charge in [-0.2, -0.15) is 0 Å². The Balaban J connectivity index is 4.45. The van der Waals surface area contributed by atoms with E-state index < -0.39 is 6.10 Å². The molecular formula is C63H110O6. The number of esters is 3. The molecular weight excluding hydrogens is 853 g/mol. The van der Waals surface area contributed by atoms with Crippen LogP contribution in [0.2, 0.25) is 0 Å². The van der Waals surface area contributed by atoms with Gasteiger partial charge in [-0.3, -0.25) is 14.4 Å². The smallest absolute Gasteiger partial charge is 0.306 e. The maximum atomic E-state index is 12.9. The molecule has 0 aromatic rings. The number of hydrogen-bond donors (Lipinski definition) is 0. The fraction of sp³-hybridized carbons (Fsp3) is 0.762. The highest BCUT2D eigenvalue weighted by molar-refractivity contribution is 5.71. The molecule has 0 aliphatic carbocycles. The lowest BCUT2D eigenvalue weighted by atomic mass is 10.0. The minimum atomic E-state index is -0.793. The number of carbonyl (C=O) groups is 3. The number of unbranched alkanes of at least 4 members (excludes halogenated alkanes) is 34. The Morgan fingerprint density at radius 3 is 0.855 bits per heavy atom. The molecule has 0 amide bonds. The van der Waals surface area contributed by atoms with Crippen molar-refractivity contribution in [1.82, 2.24) is 0 Å². The fourth-order valence-electron chi connectivity index (χ4n) is 8.33. The molecule has 0 rings (SSSR count). The first kappa shape index (κ1) is 65.8. The van der Waals surface area contributed by atoms with Gasteiger partial charge in [-0.1, -0.05) is 273 Å². The second-order valence-electron chi connectivity index (χ2n) is 19.7. The molecule has 1 unspecified atom stereocenters. The molecule has 1 atom stereocenters. The molecule has 0 saturated carbocycles. The van der Waals surface area contributed by atoms with Crippen LogP contribution in [-0.2, 0) is 28.6 Å². The van der Waals surface area contributed by atoms with Crippen molar-refractivity contribution in [3.05, 3.63) is 72.9 Å². The zero-order chi connectivity index (χ0) is 50.0. The predicted molar refractivity (Wildman–Crippen MR) is 298 cm³/mol. The number of carbonyl (C=O) groups excluding carboxylic acids is 3. The summed E-state index contributed by atoms with van der Waals surface area (Å²) in [6.07, 6.45) is 73.1. The molecule has 69 heavy (non-hydrogen) atoms. The molecule has 6 nitrogen and oxygen atoms in total. The fourth-order valence-corrected chi connectivity index (χ4v) is 8.33. The van der Waals surface area contributed by atoms with Gasteiger partial charge in [-0.15, -0.1) is 0 Å². The van der Waals surface area contributed by atoms with Crippen LogP contribution in [0, 0.1) is 0 Å². The Kier molecular flexibility index (Phi) is 54.8. The van der Waals surface area contributed by atoms with E-state index in [0.29, 0.717) is 19.3 Å². The molecule has 0 bridgehead atoms. The summed E-state index contributed by atoms with van der Waals surface area (Å²) in [7, 11) is 0. The SMILES string of the molecule is CCCCC\C=C/C=C\C=C/C=C\CCCCCCCC(=O)OCC(COC(=O)CCCCCCCCCCCCCCCCC)OC(=O)CCCCCCC/C=C\C=C/CCCCCCCCC. The zero-order valence-electron chi connectivity index (χ0n) is 45.6. The largest absolute Gasteiger partial charge is 0.462 e. The van der Waals surface area contributed by atoms with Crippen LogP contribution in [0.4, 0.5) is 0 Å². The van der Waals surface area contributed by atoms with E-state index in [0.717, 1.165) is 103 Å². The quantitative estimate of drug-likeness (QED) is 0.0262. The standard InChI is InChI=1S/C63H110O6/c1-4-7-10-13-16-19-22-25-28-30-32-35-38-41-44-47-50-53-56-62(65)68-59-60(58-67-61(64)55-52-49-46-43-40-37-34-27-24-21-18-15-12-9-6-3)69-63(66)57-54-51-48-45-42-39-36-33-31-29-26-23-20-17-14-11-8-5-2/h16,19,22,25,28-33,35-36,60H,4-15,17-18,20-21,23-24,26-27,34,37-59H2,1-3H3/b19-16-,25-22-,30-28-,31-29-,35-32-,36-33-. The van der Waals surface area contributed by atoms with Crippen molar-refractivity contribution in [2.45, 2.75) is 297 Å². The van der Waals surface area contributed by atoms with E-state index in [-0.39, 0.29) is 31.1 Å². The van der Waals surface area contributed by atoms with Crippen LogP contribution >= 0.6 is 0 Å². The normalized spacial score (nSPS) is 12.6. The summed E-state index contributed by atoms with van der Waals surface area (Å²) < 4.78 is 16.9. The van der Waals surface area contributed by atoms with E-state index in [4.69, 9.17) is 14.2 Å². The first-order valence-electron chi connectivity index (χ1n) is 29.5. The van der Waals surface area contributed by atoms with Crippen molar-refractivity contribution in [3.8, 4) is 0 Å². The van der Waals surface area contributed by atoms with E-state index in [1.165, 1.54) is 148 Å². The van der Waals surface area contributed by atoms with Crippen molar-refractivity contribution < 1.29 is 28.6 Å². The van der Waals surface area contributed by atoms with Crippen LogP contribution in [0.25, 0.3) is 0 Å². The molecule has 0 aromatic heterocycles. The van der Waals surface area contributed by atoms with Gasteiger partial charge in [-0.25, -0.2) is 0 Å². The van der Waals surface area contributed by atoms with Crippen LogP contribution in [0.5, 0.6) is 0 Å². The topological polar surface area (TPSA) is 78.9 Å². The molecule has 0 radical (unpaired) electrons. The van der Waals surface area contributed by atoms with Gasteiger partial charge in [0.25, 0.3) is 0 Å². The Morgan fingerprint density at radius 2 is 0.522 bits per heavy atom. The maximum absolute atomic E-state index is 12.9. The Bertz CT molecular complexity index is 1290. The molecule has 0 heterocycles. The van der Waals surface area contributed by atoms with Gasteiger partial charge in [0.2, 0.25) is 0 Å². The van der Waals surface area contributed by atoms with Crippen molar-refractivity contribution in [2.75, 3.05) is 13.2 Å². The summed E-state index contributed by atoms with van der Waals surface area (Å²) in [5.41, 5.74) is 0. The van der Waals surface area contributed by atoms with Gasteiger partial charge >= 0.3 is 17.9 Å². The van der Waals surface area contributed by atoms with Crippen molar-refractivity contribution >= 4 is 17.9 Å². The number of allylic oxidation sites excluding steroid dienone is 12. The van der Waals surface area contributed by atoms with E-state index in [9.17, 15) is 14.4 Å². The minimum absolute atomic E-state index is 0.0874. The first-order valence-corrected chi connectivity index (χ1v) is 29.5. The second kappa shape index (κ2) is 57.4. The van der Waals surface area contributed by atoms with Gasteiger partial charge in [0, 0.05) is 19.3 Å². The highest BCUT2D eigenvalue weighted by Crippen LogP contribution is 2.16. The third-order valence-electron chi connectivity index (χ3n) is 12.8. The Morgan fingerprint density at radius 1 is 0.290 bits per heavy atom. The minimum Gasteiger partial charge on any atom is -0.462 e. The predicted octanol–water partition coefficient (Wildman–Crippen LogP) is 19.8. The van der Waals surface area contributed by atoms with E-state index in [1.807, 2.05) is 0 Å². The van der Waals surface area contributed by atoms with Crippen molar-refractivity contribution in [3.63, 3.8) is 0 Å². The summed E-state index contributed by atoms with van der Waals surface area (Å²) >= 11 is 0. The van der Waals surface area contributed by atoms with Crippen LogP contribution < -0.4 is 0 Å². The molecule has 0 saturated heterocycles. The third-order valence-corrected chi connectivity index (χ3v) is 12.8. The Labute approximate surface area is 427 Å². The average Bonchev–Trinajstić information content (AvgIpc) is 3.35. The lowest BCUT2D eigenvalue weighted by molar-refractivity contribution is -0.167. The summed E-state index contributed by atoms with van der Waals surface area (Å²) in [6, 6.07) is 0. The monoisotopic (exact) mass is 963 g/mol. The number of rotatable bonds is 53. The number of ether oxygens (including phenoxy) is 3. The highest BCUT2D eigenvalue weighted by Gasteiger charge is 2.19. The highest BCUT2D eigenvalue weighted by atomic mass is 16.6. The molecule has 398 valence electrons. The lowest BCUT2D eigenvalue weighted by Crippen LogP contribution is -2.30. The summed E-state index contributed by atoms with van der Waals surface area (Å²) in [5.74, 6) is -0.915. The zero-order valence-corrected chi connectivity index (χ0v) is 45.6. The van der Waals surface area contributed by atoms with Crippen molar-refractivity contribution in [2.24, 2.45) is 0 Å². The van der Waals surface area contributed by atoms with Crippen molar-refractivity contribution in [1.29, 1.82) is 0 Å². The molecule has 0 spiro atoms. The molecule has 0 N–H and O–H groups in total. The lowest BCUT2D eigenvalue weighted by Gasteiger charge is -2.18. The number of hydrogen-bond acceptors (Lipinski definition) is 6. The molecule has 0 aromatic carbocycles. The van der Waals surface area contributed by atoms with Crippen LogP contribution in [0.3, 0.4) is 0 Å². The van der Waals surface area contributed by atoms with Gasteiger partial charge in [-0.05, 0) is 70.6 Å². The molecule has 6 heteroatoms. The molecule has 0 aliphatic rings. The van der Waals surface area contributed by atoms with Gasteiger partial charge in [0.05, 0.1) is 0 Å².